The molecule has 0 nitrogen and oxygen atoms in total. The van der Waals surface area contributed by atoms with Gasteiger partial charge >= 0.3 is 0 Å². The summed E-state index contributed by atoms with van der Waals surface area (Å²) in [7, 11) is 0. The van der Waals surface area contributed by atoms with Gasteiger partial charge in [0.1, 0.15) is 0 Å². The van der Waals surface area contributed by atoms with Crippen LogP contribution in [-0.2, 0) is 0 Å². The number of hydrogen-bond donors (Lipinski definition) is 0. The molecule has 1 rings (SSSR count). The fraction of sp³-hybridized carbons (Fsp3) is 0.429. The predicted octanol–water partition coefficient (Wildman–Crippen LogP) is 4.57. The number of allylic oxidation sites excluding steroid dienone is 8. The highest BCUT2D eigenvalue weighted by molar-refractivity contribution is 5.00. The van der Waals surface area contributed by atoms with Crippen LogP contribution in [0.1, 0.15) is 38.5 Å². The minimum atomic E-state index is 1.07. The molecule has 14 heavy (non-hydrogen) atoms. The van der Waals surface area contributed by atoms with E-state index in [-0.39, 0.29) is 0 Å². The van der Waals surface area contributed by atoms with Gasteiger partial charge in [0.15, 0.2) is 0 Å². The van der Waals surface area contributed by atoms with Crippen molar-refractivity contribution in [1.29, 1.82) is 0 Å². The maximum Gasteiger partial charge on any atom is -0.0169 e. The van der Waals surface area contributed by atoms with E-state index in [0.717, 1.165) is 19.3 Å². The van der Waals surface area contributed by atoms with Crippen LogP contribution < -0.4 is 0 Å². The van der Waals surface area contributed by atoms with Gasteiger partial charge in [-0.05, 0) is 38.5 Å². The third kappa shape index (κ3) is 6.47. The molecule has 0 aromatic rings. The average molecular weight is 188 g/mol. The largest absolute Gasteiger partial charge is 0.0882 e. The van der Waals surface area contributed by atoms with Crippen LogP contribution in [0.4, 0.5) is 0 Å². The maximum absolute atomic E-state index is 2.29. The highest BCUT2D eigenvalue weighted by Crippen LogP contribution is 2.01. The Morgan fingerprint density at radius 2 is 0.786 bits per heavy atom. The lowest BCUT2D eigenvalue weighted by molar-refractivity contribution is 0.864. The summed E-state index contributed by atoms with van der Waals surface area (Å²) in [5, 5.41) is 0. The molecule has 0 spiro atoms. The van der Waals surface area contributed by atoms with Gasteiger partial charge in [-0.25, -0.2) is 0 Å². The van der Waals surface area contributed by atoms with Crippen LogP contribution >= 0.6 is 0 Å². The molecule has 76 valence electrons. The molecular weight excluding hydrogens is 168 g/mol. The van der Waals surface area contributed by atoms with E-state index in [9.17, 15) is 0 Å². The molecule has 0 N–H and O–H groups in total. The van der Waals surface area contributed by atoms with Crippen LogP contribution in [-0.4, -0.2) is 0 Å². The Balaban J connectivity index is 2.34. The topological polar surface area (TPSA) is 0 Å². The van der Waals surface area contributed by atoms with Gasteiger partial charge in [-0.3, -0.25) is 0 Å². The van der Waals surface area contributed by atoms with E-state index >= 15 is 0 Å². The quantitative estimate of drug-likeness (QED) is 0.489. The van der Waals surface area contributed by atoms with Crippen molar-refractivity contribution in [2.24, 2.45) is 0 Å². The summed E-state index contributed by atoms with van der Waals surface area (Å²) in [6, 6.07) is 0. The van der Waals surface area contributed by atoms with Gasteiger partial charge in [0.25, 0.3) is 0 Å². The zero-order chi connectivity index (χ0) is 9.90. The number of hydrogen-bond acceptors (Lipinski definition) is 0. The first kappa shape index (κ1) is 11.0. The molecule has 0 aliphatic heterocycles. The van der Waals surface area contributed by atoms with Crippen molar-refractivity contribution in [1.82, 2.24) is 0 Å². The minimum Gasteiger partial charge on any atom is -0.0882 e. The second-order valence-corrected chi connectivity index (χ2v) is 3.52. The summed E-state index contributed by atoms with van der Waals surface area (Å²) in [4.78, 5) is 0. The Kier molecular flexibility index (Phi) is 6.74. The zero-order valence-corrected chi connectivity index (χ0v) is 8.86. The van der Waals surface area contributed by atoms with Gasteiger partial charge in [-0.1, -0.05) is 48.6 Å². The molecule has 0 saturated heterocycles. The molecule has 0 saturated carbocycles. The summed E-state index contributed by atoms with van der Waals surface area (Å²) in [6.07, 6.45) is 25.0. The lowest BCUT2D eigenvalue weighted by atomic mass is 10.2. The first-order chi connectivity index (χ1) is 7.00. The summed E-state index contributed by atoms with van der Waals surface area (Å²) in [5.41, 5.74) is 0. The van der Waals surface area contributed by atoms with Crippen molar-refractivity contribution >= 4 is 0 Å². The van der Waals surface area contributed by atoms with Gasteiger partial charge in [0.2, 0.25) is 0 Å². The molecule has 0 aromatic heterocycles. The normalized spacial score (nSPS) is 26.3. The van der Waals surface area contributed by atoms with Gasteiger partial charge in [-0.2, -0.15) is 0 Å². The van der Waals surface area contributed by atoms with Crippen molar-refractivity contribution < 1.29 is 0 Å². The summed E-state index contributed by atoms with van der Waals surface area (Å²) in [5.74, 6) is 0. The summed E-state index contributed by atoms with van der Waals surface area (Å²) < 4.78 is 0. The molecule has 0 radical (unpaired) electrons. The molecule has 0 fully saturated rings. The van der Waals surface area contributed by atoms with Crippen LogP contribution in [0.25, 0.3) is 0 Å². The fourth-order valence-corrected chi connectivity index (χ4v) is 1.40. The molecule has 0 bridgehead atoms. The van der Waals surface area contributed by atoms with E-state index in [1.54, 1.807) is 0 Å². The van der Waals surface area contributed by atoms with E-state index in [2.05, 4.69) is 48.6 Å². The Labute approximate surface area is 87.7 Å². The van der Waals surface area contributed by atoms with Crippen LogP contribution in [0.2, 0.25) is 0 Å². The monoisotopic (exact) mass is 188 g/mol. The Morgan fingerprint density at radius 1 is 0.429 bits per heavy atom. The molecule has 0 heterocycles. The first-order valence-electron chi connectivity index (χ1n) is 5.60. The van der Waals surface area contributed by atoms with Crippen LogP contribution in [0.3, 0.4) is 0 Å². The minimum absolute atomic E-state index is 1.07. The first-order valence-corrected chi connectivity index (χ1v) is 5.60. The van der Waals surface area contributed by atoms with Crippen molar-refractivity contribution in [2.75, 3.05) is 0 Å². The molecule has 1 aliphatic rings. The van der Waals surface area contributed by atoms with Crippen molar-refractivity contribution in [2.45, 2.75) is 38.5 Å². The van der Waals surface area contributed by atoms with Crippen molar-refractivity contribution in [3.63, 3.8) is 0 Å². The van der Waals surface area contributed by atoms with E-state index in [1.165, 1.54) is 19.3 Å². The molecule has 0 unspecified atom stereocenters. The van der Waals surface area contributed by atoms with Gasteiger partial charge in [0.05, 0.1) is 0 Å². The molecular formula is C14H20. The Bertz CT molecular complexity index is 204. The molecule has 0 aromatic carbocycles. The van der Waals surface area contributed by atoms with E-state index in [4.69, 9.17) is 0 Å². The Morgan fingerprint density at radius 3 is 1.21 bits per heavy atom. The lowest BCUT2D eigenvalue weighted by Gasteiger charge is -1.91. The average Bonchev–Trinajstić information content (AvgIpc) is 2.22. The third-order valence-electron chi connectivity index (χ3n) is 2.22. The molecule has 0 atom stereocenters. The highest BCUT2D eigenvalue weighted by atomic mass is 13.9. The van der Waals surface area contributed by atoms with Crippen LogP contribution in [0.5, 0.6) is 0 Å². The van der Waals surface area contributed by atoms with Gasteiger partial charge in [-0.15, -0.1) is 0 Å². The van der Waals surface area contributed by atoms with Gasteiger partial charge in [0, 0.05) is 0 Å². The fourth-order valence-electron chi connectivity index (χ4n) is 1.40. The Hall–Kier alpha value is -1.04. The predicted molar refractivity (Wildman–Crippen MR) is 64.3 cm³/mol. The van der Waals surface area contributed by atoms with E-state index in [0.29, 0.717) is 0 Å². The van der Waals surface area contributed by atoms with Crippen molar-refractivity contribution in [3.05, 3.63) is 48.6 Å². The highest BCUT2D eigenvalue weighted by Gasteiger charge is 1.81. The summed E-state index contributed by atoms with van der Waals surface area (Å²) >= 11 is 0. The zero-order valence-electron chi connectivity index (χ0n) is 8.86. The van der Waals surface area contributed by atoms with Crippen LogP contribution in [0.15, 0.2) is 48.6 Å². The standard InChI is InChI=1S/C14H20/c1-2-4-6-8-10-12-14-13-11-9-7-5-3-1/h1-2,5-8,11,13H,3-4,9-10,12,14H2/b2-1+,7-5?,8-6+,13-11+. The maximum atomic E-state index is 2.29. The second-order valence-electron chi connectivity index (χ2n) is 3.52. The van der Waals surface area contributed by atoms with E-state index < -0.39 is 0 Å². The third-order valence-corrected chi connectivity index (χ3v) is 2.22. The smallest absolute Gasteiger partial charge is 0.0169 e. The van der Waals surface area contributed by atoms with Crippen molar-refractivity contribution in [3.8, 4) is 0 Å². The molecule has 0 heteroatoms. The van der Waals surface area contributed by atoms with Crippen LogP contribution in [0, 0.1) is 0 Å². The molecule has 1 aliphatic carbocycles. The van der Waals surface area contributed by atoms with E-state index in [1.807, 2.05) is 0 Å². The molecule has 0 amide bonds. The number of rotatable bonds is 0. The lowest BCUT2D eigenvalue weighted by Crippen LogP contribution is -1.71. The second kappa shape index (κ2) is 8.55. The van der Waals surface area contributed by atoms with Gasteiger partial charge < -0.3 is 0 Å². The summed E-state index contributed by atoms with van der Waals surface area (Å²) in [6.45, 7) is 0. The SMILES string of the molecule is C1=CC/C=C/CCC/C=C/C/C=C/C1.